The highest BCUT2D eigenvalue weighted by molar-refractivity contribution is 6.74. The fourth-order valence-electron chi connectivity index (χ4n) is 2.40. The van der Waals surface area contributed by atoms with Crippen LogP contribution in [0.2, 0.25) is 18.1 Å². The van der Waals surface area contributed by atoms with Gasteiger partial charge in [-0.1, -0.05) is 32.9 Å². The van der Waals surface area contributed by atoms with Crippen molar-refractivity contribution < 1.29 is 14.0 Å². The Morgan fingerprint density at radius 3 is 2.04 bits per heavy atom. The Labute approximate surface area is 143 Å². The van der Waals surface area contributed by atoms with E-state index in [1.807, 2.05) is 27.7 Å². The van der Waals surface area contributed by atoms with Gasteiger partial charge in [-0.2, -0.15) is 0 Å². The molecule has 0 unspecified atom stereocenters. The van der Waals surface area contributed by atoms with E-state index in [0.29, 0.717) is 13.1 Å². The molecule has 0 aliphatic carbocycles. The van der Waals surface area contributed by atoms with Crippen molar-refractivity contribution >= 4 is 14.4 Å². The molecule has 0 aromatic rings. The Kier molecular flexibility index (Phi) is 5.80. The van der Waals surface area contributed by atoms with Gasteiger partial charge < -0.3 is 14.1 Å². The zero-order valence-electron chi connectivity index (χ0n) is 16.4. The number of rotatable bonds is 3. The molecule has 1 aliphatic rings. The average molecular weight is 342 g/mol. The van der Waals surface area contributed by atoms with Crippen molar-refractivity contribution in [2.75, 3.05) is 13.1 Å². The van der Waals surface area contributed by atoms with Gasteiger partial charge in [0.15, 0.2) is 8.32 Å². The van der Waals surface area contributed by atoms with Crippen molar-refractivity contribution in [3.63, 3.8) is 0 Å². The van der Waals surface area contributed by atoms with Gasteiger partial charge in [-0.05, 0) is 45.8 Å². The van der Waals surface area contributed by atoms with Gasteiger partial charge in [0.25, 0.3) is 0 Å². The molecule has 23 heavy (non-hydrogen) atoms. The van der Waals surface area contributed by atoms with Crippen LogP contribution >= 0.6 is 0 Å². The summed E-state index contributed by atoms with van der Waals surface area (Å²) in [6, 6.07) is 0. The number of hydrogen-bond donors (Lipinski definition) is 0. The molecule has 0 saturated carbocycles. The van der Waals surface area contributed by atoms with E-state index < -0.39 is 13.9 Å². The average Bonchev–Trinajstić information content (AvgIpc) is 2.68. The van der Waals surface area contributed by atoms with E-state index in [1.165, 1.54) is 0 Å². The number of hydrogen-bond acceptors (Lipinski definition) is 3. The second-order valence-corrected chi connectivity index (χ2v) is 14.0. The summed E-state index contributed by atoms with van der Waals surface area (Å²) in [7, 11) is -1.89. The second kappa shape index (κ2) is 6.59. The molecule has 1 saturated heterocycles. The summed E-state index contributed by atoms with van der Waals surface area (Å²) in [6.07, 6.45) is -0.244. The van der Waals surface area contributed by atoms with E-state index in [0.717, 1.165) is 5.57 Å². The molecule has 0 bridgehead atoms. The lowest BCUT2D eigenvalue weighted by Gasteiger charge is -2.39. The monoisotopic (exact) mass is 341 g/mol. The second-order valence-electron chi connectivity index (χ2n) is 9.25. The molecular weight excluding hydrogens is 306 g/mol. The van der Waals surface area contributed by atoms with Crippen LogP contribution in [0.4, 0.5) is 4.79 Å². The number of carbonyl (C=O) groups is 1. The molecule has 2 atom stereocenters. The van der Waals surface area contributed by atoms with Crippen molar-refractivity contribution in [2.24, 2.45) is 5.92 Å². The van der Waals surface area contributed by atoms with E-state index in [9.17, 15) is 4.79 Å². The van der Waals surface area contributed by atoms with E-state index in [1.54, 1.807) is 4.90 Å². The summed E-state index contributed by atoms with van der Waals surface area (Å²) >= 11 is 0. The summed E-state index contributed by atoms with van der Waals surface area (Å²) in [5.74, 6) is 0.177. The zero-order chi connectivity index (χ0) is 18.2. The van der Waals surface area contributed by atoms with E-state index in [2.05, 4.69) is 40.4 Å². The van der Waals surface area contributed by atoms with Gasteiger partial charge in [0.2, 0.25) is 0 Å². The Morgan fingerprint density at radius 1 is 1.13 bits per heavy atom. The summed E-state index contributed by atoms with van der Waals surface area (Å²) in [5, 5.41) is 0.145. The lowest BCUT2D eigenvalue weighted by molar-refractivity contribution is 0.0272. The van der Waals surface area contributed by atoms with Crippen LogP contribution in [0.3, 0.4) is 0 Å². The van der Waals surface area contributed by atoms with Gasteiger partial charge in [0.1, 0.15) is 5.60 Å². The van der Waals surface area contributed by atoms with Gasteiger partial charge in [-0.15, -0.1) is 0 Å². The van der Waals surface area contributed by atoms with Gasteiger partial charge in [-0.3, -0.25) is 0 Å². The number of carbonyl (C=O) groups excluding carboxylic acids is 1. The maximum Gasteiger partial charge on any atom is 0.410 e. The van der Waals surface area contributed by atoms with Crippen LogP contribution in [0.5, 0.6) is 0 Å². The largest absolute Gasteiger partial charge is 0.444 e. The Morgan fingerprint density at radius 2 is 1.65 bits per heavy atom. The minimum atomic E-state index is -1.89. The van der Waals surface area contributed by atoms with Crippen LogP contribution in [0.1, 0.15) is 48.5 Å². The molecule has 134 valence electrons. The first kappa shape index (κ1) is 20.2. The van der Waals surface area contributed by atoms with Crippen molar-refractivity contribution in [3.05, 3.63) is 12.2 Å². The van der Waals surface area contributed by atoms with Crippen molar-refractivity contribution in [2.45, 2.75) is 78.3 Å². The Bertz CT molecular complexity index is 460. The Hall–Kier alpha value is -0.813. The van der Waals surface area contributed by atoms with Crippen molar-refractivity contribution in [3.8, 4) is 0 Å². The molecule has 1 rings (SSSR count). The maximum atomic E-state index is 12.4. The molecule has 0 radical (unpaired) electrons. The van der Waals surface area contributed by atoms with Crippen LogP contribution in [-0.2, 0) is 9.16 Å². The normalized spacial score (nSPS) is 23.1. The van der Waals surface area contributed by atoms with Crippen LogP contribution < -0.4 is 0 Å². The first-order chi connectivity index (χ1) is 10.1. The fraction of sp³-hybridized carbons (Fsp3) is 0.833. The summed E-state index contributed by atoms with van der Waals surface area (Å²) in [5.41, 5.74) is 0.591. The fourth-order valence-corrected chi connectivity index (χ4v) is 3.75. The molecule has 5 heteroatoms. The highest BCUT2D eigenvalue weighted by Crippen LogP contribution is 2.40. The first-order valence-corrected chi connectivity index (χ1v) is 11.4. The predicted octanol–water partition coefficient (Wildman–Crippen LogP) is 4.82. The molecule has 1 amide bonds. The number of ether oxygens (including phenoxy) is 1. The molecule has 1 fully saturated rings. The number of nitrogens with zero attached hydrogens (tertiary/aromatic N) is 1. The highest BCUT2D eigenvalue weighted by atomic mass is 28.4. The Balaban J connectivity index is 2.88. The summed E-state index contributed by atoms with van der Waals surface area (Å²) in [4.78, 5) is 14.1. The van der Waals surface area contributed by atoms with Crippen molar-refractivity contribution in [1.29, 1.82) is 0 Å². The smallest absolute Gasteiger partial charge is 0.410 e. The van der Waals surface area contributed by atoms with Crippen LogP contribution in [0.15, 0.2) is 12.2 Å². The number of likely N-dealkylation sites (tertiary alicyclic amines) is 1. The molecule has 0 N–H and O–H groups in total. The van der Waals surface area contributed by atoms with E-state index in [4.69, 9.17) is 9.16 Å². The van der Waals surface area contributed by atoms with Crippen LogP contribution in [-0.4, -0.2) is 44.1 Å². The standard InChI is InChI=1S/C18H35NO3Si/c1-13(2)14-11-19(16(20)21-17(3,4)5)12-15(14)22-23(9,10)18(6,7)8/h14-15H,1,11-12H2,2-10H3/t14-,15+/m1/s1. The number of amides is 1. The van der Waals surface area contributed by atoms with Gasteiger partial charge >= 0.3 is 6.09 Å². The predicted molar refractivity (Wildman–Crippen MR) is 98.2 cm³/mol. The minimum absolute atomic E-state index is 0.0147. The van der Waals surface area contributed by atoms with Crippen LogP contribution in [0, 0.1) is 5.92 Å². The first-order valence-electron chi connectivity index (χ1n) is 8.45. The van der Waals surface area contributed by atoms with Crippen LogP contribution in [0.25, 0.3) is 0 Å². The molecule has 0 spiro atoms. The molecule has 4 nitrogen and oxygen atoms in total. The molecule has 1 aliphatic heterocycles. The topological polar surface area (TPSA) is 38.8 Å². The molecule has 1 heterocycles. The van der Waals surface area contributed by atoms with Gasteiger partial charge in [0, 0.05) is 19.0 Å². The van der Waals surface area contributed by atoms with Gasteiger partial charge in [0.05, 0.1) is 6.10 Å². The quantitative estimate of drug-likeness (QED) is 0.545. The van der Waals surface area contributed by atoms with Crippen molar-refractivity contribution in [1.82, 2.24) is 4.90 Å². The molecular formula is C18H35NO3Si. The SMILES string of the molecule is C=C(C)[C@H]1CN(C(=O)OC(C)(C)C)C[C@@H]1O[Si](C)(C)C(C)(C)C. The third-order valence-electron chi connectivity index (χ3n) is 4.80. The highest BCUT2D eigenvalue weighted by Gasteiger charge is 2.45. The lowest BCUT2D eigenvalue weighted by Crippen LogP contribution is -2.46. The summed E-state index contributed by atoms with van der Waals surface area (Å²) in [6.45, 7) is 24.2. The van der Waals surface area contributed by atoms with E-state index >= 15 is 0 Å². The lowest BCUT2D eigenvalue weighted by atomic mass is 9.99. The zero-order valence-corrected chi connectivity index (χ0v) is 17.4. The van der Waals surface area contributed by atoms with E-state index in [-0.39, 0.29) is 23.2 Å². The maximum absolute atomic E-state index is 12.4. The minimum Gasteiger partial charge on any atom is -0.444 e. The third kappa shape index (κ3) is 5.35. The third-order valence-corrected chi connectivity index (χ3v) is 9.31. The molecule has 0 aromatic carbocycles. The summed E-state index contributed by atoms with van der Waals surface area (Å²) < 4.78 is 12.1. The molecule has 0 aromatic heterocycles. The van der Waals surface area contributed by atoms with Gasteiger partial charge in [-0.25, -0.2) is 4.79 Å².